The van der Waals surface area contributed by atoms with Gasteiger partial charge >= 0.3 is 0 Å². The van der Waals surface area contributed by atoms with Crippen LogP contribution in [-0.2, 0) is 12.8 Å². The summed E-state index contributed by atoms with van der Waals surface area (Å²) < 4.78 is 0. The molecule has 0 aliphatic carbocycles. The normalized spacial score (nSPS) is 11.7. The topological polar surface area (TPSA) is 57.4 Å². The fourth-order valence-electron chi connectivity index (χ4n) is 3.47. The van der Waals surface area contributed by atoms with Crippen molar-refractivity contribution in [2.45, 2.75) is 47.0 Å². The molecule has 0 aliphatic heterocycles. The predicted octanol–water partition coefficient (Wildman–Crippen LogP) is 4.85. The Morgan fingerprint density at radius 2 is 1.04 bits per heavy atom. The Morgan fingerprint density at radius 3 is 1.44 bits per heavy atom. The minimum atomic E-state index is 0.933. The molecular weight excluding hydrogens is 308 g/mol. The maximum Gasteiger partial charge on any atom is 0.107 e. The molecule has 128 valence electrons. The molecule has 0 amide bonds. The first-order valence-electron chi connectivity index (χ1n) is 8.92. The van der Waals surface area contributed by atoms with Gasteiger partial charge in [0.05, 0.1) is 22.1 Å². The van der Waals surface area contributed by atoms with Gasteiger partial charge in [-0.3, -0.25) is 0 Å². The monoisotopic (exact) mass is 332 g/mol. The maximum atomic E-state index is 4.79. The summed E-state index contributed by atoms with van der Waals surface area (Å²) in [5.74, 6) is 2.13. The number of aromatic amines is 2. The average Bonchev–Trinajstić information content (AvgIpc) is 3.21. The smallest absolute Gasteiger partial charge is 0.107 e. The van der Waals surface area contributed by atoms with Crippen molar-refractivity contribution in [3.63, 3.8) is 0 Å². The van der Waals surface area contributed by atoms with Crippen LogP contribution < -0.4 is 0 Å². The number of imidazole rings is 2. The van der Waals surface area contributed by atoms with E-state index in [4.69, 9.17) is 9.97 Å². The summed E-state index contributed by atoms with van der Waals surface area (Å²) >= 11 is 0. The average molecular weight is 332 g/mol. The summed E-state index contributed by atoms with van der Waals surface area (Å²) in [5.41, 5.74) is 9.51. The van der Waals surface area contributed by atoms with Crippen molar-refractivity contribution < 1.29 is 0 Å². The second kappa shape index (κ2) is 6.03. The Labute approximate surface area is 147 Å². The second-order valence-corrected chi connectivity index (χ2v) is 7.07. The summed E-state index contributed by atoms with van der Waals surface area (Å²) in [6.07, 6.45) is 2.89. The Balaban J connectivity index is 1.51. The highest BCUT2D eigenvalue weighted by atomic mass is 14.9. The van der Waals surface area contributed by atoms with Crippen molar-refractivity contribution in [1.82, 2.24) is 19.9 Å². The van der Waals surface area contributed by atoms with E-state index in [0.29, 0.717) is 0 Å². The van der Waals surface area contributed by atoms with Crippen LogP contribution in [0.25, 0.3) is 22.1 Å². The fraction of sp³-hybridized carbons (Fsp3) is 0.333. The van der Waals surface area contributed by atoms with Gasteiger partial charge in [0.1, 0.15) is 11.6 Å². The highest BCUT2D eigenvalue weighted by Crippen LogP contribution is 2.22. The van der Waals surface area contributed by atoms with E-state index in [2.05, 4.69) is 61.9 Å². The number of fused-ring (bicyclic) bond motifs is 2. The van der Waals surface area contributed by atoms with E-state index in [-0.39, 0.29) is 0 Å². The molecule has 0 unspecified atom stereocenters. The molecule has 0 aliphatic rings. The molecule has 2 heterocycles. The molecule has 0 bridgehead atoms. The predicted molar refractivity (Wildman–Crippen MR) is 103 cm³/mol. The van der Waals surface area contributed by atoms with Gasteiger partial charge in [0.25, 0.3) is 0 Å². The number of benzene rings is 2. The number of H-pyrrole nitrogens is 2. The Kier molecular flexibility index (Phi) is 3.83. The highest BCUT2D eigenvalue weighted by molar-refractivity contribution is 5.82. The van der Waals surface area contributed by atoms with Crippen LogP contribution in [0.15, 0.2) is 24.3 Å². The van der Waals surface area contributed by atoms with Crippen LogP contribution in [-0.4, -0.2) is 19.9 Å². The lowest BCUT2D eigenvalue weighted by atomic mass is 10.1. The number of rotatable bonds is 4. The lowest BCUT2D eigenvalue weighted by Crippen LogP contribution is -1.93. The summed E-state index contributed by atoms with van der Waals surface area (Å²) in [5, 5.41) is 0. The molecule has 4 aromatic rings. The van der Waals surface area contributed by atoms with E-state index in [1.165, 1.54) is 33.3 Å². The van der Waals surface area contributed by atoms with Gasteiger partial charge in [-0.05, 0) is 56.4 Å². The summed E-state index contributed by atoms with van der Waals surface area (Å²) in [7, 11) is 0. The minimum Gasteiger partial charge on any atom is -0.342 e. The first kappa shape index (κ1) is 15.9. The van der Waals surface area contributed by atoms with E-state index in [1.54, 1.807) is 0 Å². The zero-order valence-electron chi connectivity index (χ0n) is 15.3. The molecule has 0 saturated carbocycles. The van der Waals surface area contributed by atoms with Gasteiger partial charge < -0.3 is 9.97 Å². The van der Waals surface area contributed by atoms with E-state index in [9.17, 15) is 0 Å². The quantitative estimate of drug-likeness (QED) is 0.561. The molecule has 0 saturated heterocycles. The minimum absolute atomic E-state index is 0.933. The first-order chi connectivity index (χ1) is 12.0. The van der Waals surface area contributed by atoms with Crippen molar-refractivity contribution in [3.8, 4) is 0 Å². The third-order valence-corrected chi connectivity index (χ3v) is 5.04. The molecular formula is C21H24N4. The van der Waals surface area contributed by atoms with Gasteiger partial charge in [-0.1, -0.05) is 24.3 Å². The molecule has 2 aromatic heterocycles. The lowest BCUT2D eigenvalue weighted by Gasteiger charge is -1.97. The molecule has 0 fully saturated rings. The van der Waals surface area contributed by atoms with Crippen LogP contribution in [0.5, 0.6) is 0 Å². The first-order valence-corrected chi connectivity index (χ1v) is 8.92. The number of nitrogens with one attached hydrogen (secondary N) is 2. The van der Waals surface area contributed by atoms with Crippen molar-refractivity contribution >= 4 is 22.1 Å². The third kappa shape index (κ3) is 2.82. The van der Waals surface area contributed by atoms with Crippen LogP contribution in [0, 0.1) is 27.7 Å². The van der Waals surface area contributed by atoms with Gasteiger partial charge in [0, 0.05) is 12.8 Å². The van der Waals surface area contributed by atoms with E-state index >= 15 is 0 Å². The van der Waals surface area contributed by atoms with Gasteiger partial charge in [-0.15, -0.1) is 0 Å². The van der Waals surface area contributed by atoms with Crippen molar-refractivity contribution in [2.75, 3.05) is 0 Å². The largest absolute Gasteiger partial charge is 0.342 e. The molecule has 2 aromatic carbocycles. The second-order valence-electron chi connectivity index (χ2n) is 7.07. The summed E-state index contributed by atoms with van der Waals surface area (Å²) in [6, 6.07) is 8.58. The molecule has 2 N–H and O–H groups in total. The maximum absolute atomic E-state index is 4.79. The van der Waals surface area contributed by atoms with Crippen LogP contribution in [0.3, 0.4) is 0 Å². The van der Waals surface area contributed by atoms with E-state index < -0.39 is 0 Å². The molecule has 4 heteroatoms. The molecule has 4 rings (SSSR count). The van der Waals surface area contributed by atoms with Gasteiger partial charge in [0.2, 0.25) is 0 Å². The van der Waals surface area contributed by atoms with E-state index in [1.807, 2.05) is 0 Å². The standard InChI is InChI=1S/C21H24N4/c1-12-8-9-13(2)19-18(12)22-16(23-19)6-5-7-17-24-20-14(3)10-11-15(4)21(20)25-17/h8-11H,5-7H2,1-4H3,(H,22,23)(H,24,25). The zero-order valence-corrected chi connectivity index (χ0v) is 15.3. The number of hydrogen-bond acceptors (Lipinski definition) is 2. The van der Waals surface area contributed by atoms with Crippen LogP contribution >= 0.6 is 0 Å². The zero-order chi connectivity index (χ0) is 17.6. The number of hydrogen-bond donors (Lipinski definition) is 2. The molecule has 0 atom stereocenters. The Bertz CT molecular complexity index is 905. The van der Waals surface area contributed by atoms with Crippen LogP contribution in [0.4, 0.5) is 0 Å². The van der Waals surface area contributed by atoms with Crippen LogP contribution in [0.2, 0.25) is 0 Å². The van der Waals surface area contributed by atoms with Crippen molar-refractivity contribution in [2.24, 2.45) is 0 Å². The van der Waals surface area contributed by atoms with E-state index in [0.717, 1.165) is 41.9 Å². The van der Waals surface area contributed by atoms with Gasteiger partial charge in [0.15, 0.2) is 0 Å². The summed E-state index contributed by atoms with van der Waals surface area (Å²) in [6.45, 7) is 8.49. The third-order valence-electron chi connectivity index (χ3n) is 5.04. The lowest BCUT2D eigenvalue weighted by molar-refractivity contribution is 0.759. The molecule has 4 nitrogen and oxygen atoms in total. The van der Waals surface area contributed by atoms with Crippen molar-refractivity contribution in [3.05, 3.63) is 58.2 Å². The molecule has 0 radical (unpaired) electrons. The van der Waals surface area contributed by atoms with Crippen LogP contribution in [0.1, 0.15) is 40.3 Å². The summed E-state index contributed by atoms with van der Waals surface area (Å²) in [4.78, 5) is 16.6. The number of aryl methyl sites for hydroxylation is 6. The van der Waals surface area contributed by atoms with Crippen molar-refractivity contribution in [1.29, 1.82) is 0 Å². The SMILES string of the molecule is Cc1ccc(C)c2[nH]c(CCCc3nc4c(C)ccc(C)c4[nH]3)nc12. The highest BCUT2D eigenvalue weighted by Gasteiger charge is 2.10. The molecule has 25 heavy (non-hydrogen) atoms. The van der Waals surface area contributed by atoms with Gasteiger partial charge in [-0.2, -0.15) is 0 Å². The Hall–Kier alpha value is -2.62. The Morgan fingerprint density at radius 1 is 0.640 bits per heavy atom. The molecule has 0 spiro atoms. The van der Waals surface area contributed by atoms with Gasteiger partial charge in [-0.25, -0.2) is 9.97 Å². The number of nitrogens with zero attached hydrogens (tertiary/aromatic N) is 2. The number of aromatic nitrogens is 4. The fourth-order valence-corrected chi connectivity index (χ4v) is 3.47.